The number of hydrogen-bond acceptors (Lipinski definition) is 4. The molecule has 2 aliphatic rings. The van der Waals surface area contributed by atoms with Gasteiger partial charge in [-0.15, -0.1) is 0 Å². The number of thioether (sulfide) groups is 1. The van der Waals surface area contributed by atoms with E-state index in [2.05, 4.69) is 35.1 Å². The summed E-state index contributed by atoms with van der Waals surface area (Å²) in [7, 11) is 0. The molecule has 3 heterocycles. The van der Waals surface area contributed by atoms with Gasteiger partial charge in [0.25, 0.3) is 0 Å². The number of aromatic nitrogens is 2. The smallest absolute Gasteiger partial charge is 0.225 e. The minimum absolute atomic E-state index is 0.0839. The summed E-state index contributed by atoms with van der Waals surface area (Å²) in [6, 6.07) is 4.15. The summed E-state index contributed by atoms with van der Waals surface area (Å²) in [5.74, 6) is 3.33. The third-order valence-electron chi connectivity index (χ3n) is 4.53. The second-order valence-electron chi connectivity index (χ2n) is 6.68. The van der Waals surface area contributed by atoms with Gasteiger partial charge in [0, 0.05) is 42.1 Å². The van der Waals surface area contributed by atoms with Crippen LogP contribution in [0.3, 0.4) is 0 Å². The SMILES string of the molecule is CC1(C)CC(=O)Nc2cc3nc(N4CCSCC4)[nH]c3cc21. The van der Waals surface area contributed by atoms with Crippen molar-refractivity contribution in [2.45, 2.75) is 25.7 Å². The Labute approximate surface area is 133 Å². The molecule has 1 amide bonds. The van der Waals surface area contributed by atoms with Crippen molar-refractivity contribution in [3.63, 3.8) is 0 Å². The summed E-state index contributed by atoms with van der Waals surface area (Å²) >= 11 is 1.99. The molecule has 4 rings (SSSR count). The fourth-order valence-electron chi connectivity index (χ4n) is 3.32. The summed E-state index contributed by atoms with van der Waals surface area (Å²) in [5, 5.41) is 2.99. The third kappa shape index (κ3) is 2.26. The number of imidazole rings is 1. The maximum absolute atomic E-state index is 11.9. The van der Waals surface area contributed by atoms with Gasteiger partial charge < -0.3 is 15.2 Å². The standard InChI is InChI=1S/C16H20N4OS/c1-16(2)9-14(21)17-11-8-13-12(7-10(11)16)18-15(19-13)20-3-5-22-6-4-20/h7-8H,3-6,9H2,1-2H3,(H,17,21)(H,18,19). The summed E-state index contributed by atoms with van der Waals surface area (Å²) in [5.41, 5.74) is 3.92. The molecule has 0 aliphatic carbocycles. The van der Waals surface area contributed by atoms with Gasteiger partial charge in [-0.3, -0.25) is 4.79 Å². The van der Waals surface area contributed by atoms with Crippen molar-refractivity contribution < 1.29 is 4.79 Å². The predicted molar refractivity (Wildman–Crippen MR) is 91.9 cm³/mol. The van der Waals surface area contributed by atoms with E-state index >= 15 is 0 Å². The second kappa shape index (κ2) is 4.91. The van der Waals surface area contributed by atoms with Crippen LogP contribution in [-0.2, 0) is 10.2 Å². The molecule has 0 radical (unpaired) electrons. The Morgan fingerprint density at radius 3 is 2.82 bits per heavy atom. The van der Waals surface area contributed by atoms with Crippen molar-refractivity contribution in [3.05, 3.63) is 17.7 Å². The molecule has 1 saturated heterocycles. The van der Waals surface area contributed by atoms with E-state index in [0.717, 1.165) is 47.3 Å². The summed E-state index contributed by atoms with van der Waals surface area (Å²) < 4.78 is 0. The van der Waals surface area contributed by atoms with Crippen LogP contribution in [0.1, 0.15) is 25.8 Å². The van der Waals surface area contributed by atoms with Gasteiger partial charge in [-0.1, -0.05) is 13.8 Å². The molecule has 2 aromatic rings. The van der Waals surface area contributed by atoms with Gasteiger partial charge in [-0.2, -0.15) is 11.8 Å². The van der Waals surface area contributed by atoms with Crippen molar-refractivity contribution >= 4 is 40.3 Å². The van der Waals surface area contributed by atoms with E-state index in [1.807, 2.05) is 17.8 Å². The Morgan fingerprint density at radius 2 is 2.05 bits per heavy atom. The number of aromatic amines is 1. The summed E-state index contributed by atoms with van der Waals surface area (Å²) in [6.45, 7) is 6.31. The van der Waals surface area contributed by atoms with E-state index in [9.17, 15) is 4.79 Å². The normalized spacial score (nSPS) is 20.8. The average molecular weight is 316 g/mol. The Morgan fingerprint density at radius 1 is 1.27 bits per heavy atom. The molecule has 0 bridgehead atoms. The van der Waals surface area contributed by atoms with Crippen molar-refractivity contribution in [2.24, 2.45) is 0 Å². The average Bonchev–Trinajstić information content (AvgIpc) is 2.88. The Balaban J connectivity index is 1.79. The lowest BCUT2D eigenvalue weighted by Crippen LogP contribution is -2.33. The molecule has 1 fully saturated rings. The molecule has 0 spiro atoms. The van der Waals surface area contributed by atoms with Gasteiger partial charge in [-0.05, 0) is 17.7 Å². The Hall–Kier alpha value is -1.69. The number of carbonyl (C=O) groups excluding carboxylic acids is 1. The maximum Gasteiger partial charge on any atom is 0.225 e. The number of nitrogens with one attached hydrogen (secondary N) is 2. The zero-order valence-electron chi connectivity index (χ0n) is 12.9. The fourth-order valence-corrected chi connectivity index (χ4v) is 4.23. The number of rotatable bonds is 1. The van der Waals surface area contributed by atoms with Crippen molar-refractivity contribution in [3.8, 4) is 0 Å². The van der Waals surface area contributed by atoms with Crippen molar-refractivity contribution in [2.75, 3.05) is 34.8 Å². The minimum atomic E-state index is -0.140. The number of anilines is 2. The zero-order valence-corrected chi connectivity index (χ0v) is 13.7. The lowest BCUT2D eigenvalue weighted by atomic mass is 9.78. The van der Waals surface area contributed by atoms with E-state index in [1.165, 1.54) is 5.56 Å². The topological polar surface area (TPSA) is 61.0 Å². The van der Waals surface area contributed by atoms with Gasteiger partial charge >= 0.3 is 0 Å². The van der Waals surface area contributed by atoms with Crippen LogP contribution >= 0.6 is 11.8 Å². The van der Waals surface area contributed by atoms with Crippen LogP contribution in [0, 0.1) is 0 Å². The first-order valence-electron chi connectivity index (χ1n) is 7.70. The molecule has 5 nitrogen and oxygen atoms in total. The van der Waals surface area contributed by atoms with Crippen molar-refractivity contribution in [1.29, 1.82) is 0 Å². The van der Waals surface area contributed by atoms with Crippen LogP contribution in [0.4, 0.5) is 11.6 Å². The van der Waals surface area contributed by atoms with Gasteiger partial charge in [-0.25, -0.2) is 4.98 Å². The summed E-state index contributed by atoms with van der Waals surface area (Å²) in [4.78, 5) is 22.4. The van der Waals surface area contributed by atoms with Gasteiger partial charge in [0.1, 0.15) is 0 Å². The Bertz CT molecular complexity index is 746. The predicted octanol–water partition coefficient (Wildman–Crippen LogP) is 2.74. The molecule has 0 atom stereocenters. The maximum atomic E-state index is 11.9. The third-order valence-corrected chi connectivity index (χ3v) is 5.47. The number of hydrogen-bond donors (Lipinski definition) is 2. The van der Waals surface area contributed by atoms with Crippen LogP contribution in [0.15, 0.2) is 12.1 Å². The van der Waals surface area contributed by atoms with Gasteiger partial charge in [0.2, 0.25) is 11.9 Å². The van der Waals surface area contributed by atoms with Gasteiger partial charge in [0.05, 0.1) is 11.0 Å². The molecule has 116 valence electrons. The second-order valence-corrected chi connectivity index (χ2v) is 7.91. The fraction of sp³-hybridized carbons (Fsp3) is 0.500. The van der Waals surface area contributed by atoms with Crippen molar-refractivity contribution in [1.82, 2.24) is 9.97 Å². The number of carbonyl (C=O) groups is 1. The number of H-pyrrole nitrogens is 1. The van der Waals surface area contributed by atoms with Gasteiger partial charge in [0.15, 0.2) is 0 Å². The first-order chi connectivity index (χ1) is 10.5. The first-order valence-corrected chi connectivity index (χ1v) is 8.85. The molecule has 22 heavy (non-hydrogen) atoms. The molecular weight excluding hydrogens is 296 g/mol. The quantitative estimate of drug-likeness (QED) is 0.849. The van der Waals surface area contributed by atoms with E-state index in [0.29, 0.717) is 6.42 Å². The molecule has 1 aromatic carbocycles. The van der Waals surface area contributed by atoms with E-state index in [-0.39, 0.29) is 11.3 Å². The Kier molecular flexibility index (Phi) is 3.11. The summed E-state index contributed by atoms with van der Waals surface area (Å²) in [6.07, 6.45) is 0.524. The van der Waals surface area contributed by atoms with Crippen LogP contribution < -0.4 is 10.2 Å². The highest BCUT2D eigenvalue weighted by atomic mass is 32.2. The van der Waals surface area contributed by atoms with Crippen LogP contribution in [0.2, 0.25) is 0 Å². The molecule has 0 unspecified atom stereocenters. The molecule has 2 N–H and O–H groups in total. The van der Waals surface area contributed by atoms with Crippen LogP contribution in [0.25, 0.3) is 11.0 Å². The lowest BCUT2D eigenvalue weighted by molar-refractivity contribution is -0.117. The highest BCUT2D eigenvalue weighted by Crippen LogP contribution is 2.39. The highest BCUT2D eigenvalue weighted by molar-refractivity contribution is 7.99. The number of nitrogens with zero attached hydrogens (tertiary/aromatic N) is 2. The highest BCUT2D eigenvalue weighted by Gasteiger charge is 2.32. The van der Waals surface area contributed by atoms with Crippen LogP contribution in [0.5, 0.6) is 0 Å². The molecule has 6 heteroatoms. The largest absolute Gasteiger partial charge is 0.341 e. The first kappa shape index (κ1) is 13.9. The lowest BCUT2D eigenvalue weighted by Gasteiger charge is -2.31. The van der Waals surface area contributed by atoms with E-state index in [4.69, 9.17) is 4.98 Å². The molecule has 1 aromatic heterocycles. The van der Waals surface area contributed by atoms with E-state index in [1.54, 1.807) is 0 Å². The number of amides is 1. The molecule has 2 aliphatic heterocycles. The van der Waals surface area contributed by atoms with Crippen LogP contribution in [-0.4, -0.2) is 40.5 Å². The zero-order chi connectivity index (χ0) is 15.3. The van der Waals surface area contributed by atoms with E-state index < -0.39 is 0 Å². The molecular formula is C16H20N4OS. The number of fused-ring (bicyclic) bond motifs is 2. The monoisotopic (exact) mass is 316 g/mol. The molecule has 0 saturated carbocycles. The number of benzene rings is 1. The minimum Gasteiger partial charge on any atom is -0.341 e.